The number of carbonyl (C=O) groups excluding carboxylic acids is 1. The molecule has 0 fully saturated rings. The van der Waals surface area contributed by atoms with Crippen molar-refractivity contribution in [2.75, 3.05) is 12.4 Å². The van der Waals surface area contributed by atoms with Crippen LogP contribution in [0.15, 0.2) is 60.9 Å². The van der Waals surface area contributed by atoms with Gasteiger partial charge in [0, 0.05) is 18.4 Å². The molecule has 0 aliphatic heterocycles. The fourth-order valence-electron chi connectivity index (χ4n) is 2.43. The van der Waals surface area contributed by atoms with Crippen LogP contribution in [0, 0.1) is 0 Å². The third-order valence-corrected chi connectivity index (χ3v) is 3.83. The first-order chi connectivity index (χ1) is 12.2. The van der Waals surface area contributed by atoms with E-state index in [0.29, 0.717) is 5.82 Å². The predicted molar refractivity (Wildman–Crippen MR) is 95.1 cm³/mol. The highest BCUT2D eigenvalue weighted by molar-refractivity contribution is 5.86. The quantitative estimate of drug-likeness (QED) is 0.720. The molecule has 0 amide bonds. The number of pyridine rings is 1. The summed E-state index contributed by atoms with van der Waals surface area (Å²) in [5.41, 5.74) is 3.50. The zero-order chi connectivity index (χ0) is 17.6. The van der Waals surface area contributed by atoms with Crippen LogP contribution in [0.1, 0.15) is 29.0 Å². The summed E-state index contributed by atoms with van der Waals surface area (Å²) in [6, 6.07) is 15.5. The lowest BCUT2D eigenvalue weighted by Crippen LogP contribution is -2.10. The lowest BCUT2D eigenvalue weighted by atomic mass is 10.0. The van der Waals surface area contributed by atoms with E-state index in [2.05, 4.69) is 49.5 Å². The number of hydrogen-bond donors (Lipinski definition) is 1. The van der Waals surface area contributed by atoms with Crippen molar-refractivity contribution in [1.29, 1.82) is 0 Å². The van der Waals surface area contributed by atoms with E-state index in [1.807, 2.05) is 25.3 Å². The van der Waals surface area contributed by atoms with Crippen LogP contribution in [0.2, 0.25) is 0 Å². The van der Waals surface area contributed by atoms with E-state index < -0.39 is 5.97 Å². The smallest absolute Gasteiger partial charge is 0.358 e. The Morgan fingerprint density at radius 3 is 2.44 bits per heavy atom. The molecule has 2 aromatic heterocycles. The molecule has 1 aromatic carbocycles. The monoisotopic (exact) mass is 334 g/mol. The van der Waals surface area contributed by atoms with Gasteiger partial charge in [-0.3, -0.25) is 4.98 Å². The minimum absolute atomic E-state index is 0.0428. The summed E-state index contributed by atoms with van der Waals surface area (Å²) in [6.45, 7) is 2.04. The molecular formula is C19H18N4O2. The number of nitrogens with zero attached hydrogens (tertiary/aromatic N) is 3. The van der Waals surface area contributed by atoms with Crippen molar-refractivity contribution < 1.29 is 9.53 Å². The van der Waals surface area contributed by atoms with Gasteiger partial charge >= 0.3 is 5.97 Å². The lowest BCUT2D eigenvalue weighted by molar-refractivity contribution is 0.0593. The van der Waals surface area contributed by atoms with E-state index in [1.165, 1.54) is 7.11 Å². The van der Waals surface area contributed by atoms with Crippen molar-refractivity contribution in [1.82, 2.24) is 15.2 Å². The summed E-state index contributed by atoms with van der Waals surface area (Å²) in [7, 11) is 1.31. The maximum absolute atomic E-state index is 11.4. The molecule has 0 saturated heterocycles. The molecule has 3 aromatic rings. The fraction of sp³-hybridized carbons (Fsp3) is 0.158. The van der Waals surface area contributed by atoms with Crippen LogP contribution in [-0.4, -0.2) is 28.3 Å². The van der Waals surface area contributed by atoms with Gasteiger partial charge in [0.25, 0.3) is 0 Å². The predicted octanol–water partition coefficient (Wildman–Crippen LogP) is 3.50. The first-order valence-electron chi connectivity index (χ1n) is 7.86. The van der Waals surface area contributed by atoms with Gasteiger partial charge in [-0.1, -0.05) is 30.3 Å². The molecule has 1 N–H and O–H groups in total. The number of hydrogen-bond acceptors (Lipinski definition) is 6. The maximum atomic E-state index is 11.4. The van der Waals surface area contributed by atoms with Crippen molar-refractivity contribution >= 4 is 11.8 Å². The molecule has 1 atom stereocenters. The number of carbonyl (C=O) groups is 1. The Morgan fingerprint density at radius 2 is 1.84 bits per heavy atom. The van der Waals surface area contributed by atoms with Gasteiger partial charge in [-0.25, -0.2) is 4.79 Å². The van der Waals surface area contributed by atoms with E-state index >= 15 is 0 Å². The highest BCUT2D eigenvalue weighted by atomic mass is 16.5. The molecule has 0 bridgehead atoms. The molecule has 6 heteroatoms. The topological polar surface area (TPSA) is 77.0 Å². The fourth-order valence-corrected chi connectivity index (χ4v) is 2.43. The van der Waals surface area contributed by atoms with Gasteiger partial charge in [0.15, 0.2) is 5.69 Å². The zero-order valence-electron chi connectivity index (χ0n) is 14.0. The molecule has 0 aliphatic carbocycles. The normalized spacial score (nSPS) is 11.6. The van der Waals surface area contributed by atoms with E-state index in [9.17, 15) is 4.79 Å². The summed E-state index contributed by atoms with van der Waals surface area (Å²) in [4.78, 5) is 15.5. The molecule has 2 heterocycles. The van der Waals surface area contributed by atoms with Gasteiger partial charge < -0.3 is 10.1 Å². The molecular weight excluding hydrogens is 316 g/mol. The molecule has 25 heavy (non-hydrogen) atoms. The number of rotatable bonds is 5. The van der Waals surface area contributed by atoms with Crippen LogP contribution in [0.3, 0.4) is 0 Å². The van der Waals surface area contributed by atoms with Crippen LogP contribution < -0.4 is 5.32 Å². The first-order valence-corrected chi connectivity index (χ1v) is 7.86. The second-order valence-electron chi connectivity index (χ2n) is 5.53. The van der Waals surface area contributed by atoms with Gasteiger partial charge in [0.05, 0.1) is 7.11 Å². The summed E-state index contributed by atoms with van der Waals surface area (Å²) in [6.07, 6.45) is 3.60. The number of benzene rings is 1. The van der Waals surface area contributed by atoms with Crippen molar-refractivity contribution in [3.8, 4) is 11.1 Å². The summed E-state index contributed by atoms with van der Waals surface area (Å²) in [5, 5.41) is 11.1. The van der Waals surface area contributed by atoms with Gasteiger partial charge in [0.2, 0.25) is 0 Å². The van der Waals surface area contributed by atoms with Crippen molar-refractivity contribution in [2.45, 2.75) is 13.0 Å². The van der Waals surface area contributed by atoms with Crippen molar-refractivity contribution in [3.05, 3.63) is 72.2 Å². The molecule has 0 aliphatic rings. The second kappa shape index (κ2) is 7.53. The highest BCUT2D eigenvalue weighted by Gasteiger charge is 2.10. The Morgan fingerprint density at radius 1 is 1.04 bits per heavy atom. The van der Waals surface area contributed by atoms with Crippen LogP contribution >= 0.6 is 0 Å². The average Bonchev–Trinajstić information content (AvgIpc) is 2.68. The number of nitrogens with one attached hydrogen (secondary N) is 1. The van der Waals surface area contributed by atoms with Crippen LogP contribution in [0.25, 0.3) is 11.1 Å². The number of anilines is 1. The van der Waals surface area contributed by atoms with E-state index in [-0.39, 0.29) is 11.7 Å². The third-order valence-electron chi connectivity index (χ3n) is 3.83. The van der Waals surface area contributed by atoms with Crippen LogP contribution in [0.5, 0.6) is 0 Å². The van der Waals surface area contributed by atoms with Crippen LogP contribution in [0.4, 0.5) is 5.82 Å². The van der Waals surface area contributed by atoms with Crippen LogP contribution in [-0.2, 0) is 4.74 Å². The summed E-state index contributed by atoms with van der Waals surface area (Å²) < 4.78 is 4.61. The maximum Gasteiger partial charge on any atom is 0.358 e. The van der Waals surface area contributed by atoms with Gasteiger partial charge in [-0.2, -0.15) is 0 Å². The van der Waals surface area contributed by atoms with Gasteiger partial charge in [-0.05, 0) is 41.8 Å². The number of ether oxygens (including phenoxy) is 1. The molecule has 6 nitrogen and oxygen atoms in total. The average molecular weight is 334 g/mol. The van der Waals surface area contributed by atoms with E-state index in [4.69, 9.17) is 0 Å². The minimum atomic E-state index is -0.502. The summed E-state index contributed by atoms with van der Waals surface area (Å²) >= 11 is 0. The molecule has 126 valence electrons. The molecule has 0 spiro atoms. The number of methoxy groups -OCH3 is 1. The third kappa shape index (κ3) is 3.98. The van der Waals surface area contributed by atoms with E-state index in [1.54, 1.807) is 18.3 Å². The van der Waals surface area contributed by atoms with Gasteiger partial charge in [0.1, 0.15) is 5.82 Å². The second-order valence-corrected chi connectivity index (χ2v) is 5.53. The Balaban J connectivity index is 1.69. The highest BCUT2D eigenvalue weighted by Crippen LogP contribution is 2.23. The van der Waals surface area contributed by atoms with Gasteiger partial charge in [-0.15, -0.1) is 10.2 Å². The Bertz CT molecular complexity index is 834. The largest absolute Gasteiger partial charge is 0.464 e. The molecule has 3 rings (SSSR count). The molecule has 0 radical (unpaired) electrons. The minimum Gasteiger partial charge on any atom is -0.464 e. The Kier molecular flexibility index (Phi) is 4.99. The van der Waals surface area contributed by atoms with Crippen molar-refractivity contribution in [3.63, 3.8) is 0 Å². The molecule has 0 saturated carbocycles. The zero-order valence-corrected chi connectivity index (χ0v) is 14.0. The Hall–Kier alpha value is -3.28. The lowest BCUT2D eigenvalue weighted by Gasteiger charge is -2.15. The Labute approximate surface area is 145 Å². The summed E-state index contributed by atoms with van der Waals surface area (Å²) in [5.74, 6) is 0.0922. The SMILES string of the molecule is COC(=O)c1ccc(N[C@H](C)c2ccc(-c3cccnc3)cc2)nn1. The molecule has 0 unspecified atom stereocenters. The standard InChI is InChI=1S/C19H18N4O2/c1-13(21-18-10-9-17(22-23-18)19(24)25-2)14-5-7-15(8-6-14)16-4-3-11-20-12-16/h3-13H,1-2H3,(H,21,23)/t13-/m1/s1. The first kappa shape index (κ1) is 16.6. The van der Waals surface area contributed by atoms with Crippen molar-refractivity contribution in [2.24, 2.45) is 0 Å². The van der Waals surface area contributed by atoms with E-state index in [0.717, 1.165) is 16.7 Å². The number of aromatic nitrogens is 3. The number of esters is 1.